The van der Waals surface area contributed by atoms with Crippen LogP contribution < -0.4 is 4.74 Å². The SMILES string of the molecule is Cc1ccc(C(Cl)c2ccc3c(c2)CCO3)cc1Cl. The van der Waals surface area contributed by atoms with Crippen molar-refractivity contribution in [1.29, 1.82) is 0 Å². The van der Waals surface area contributed by atoms with Crippen LogP contribution in [-0.2, 0) is 6.42 Å². The zero-order valence-electron chi connectivity index (χ0n) is 10.6. The lowest BCUT2D eigenvalue weighted by molar-refractivity contribution is 0.357. The van der Waals surface area contributed by atoms with Gasteiger partial charge in [0.1, 0.15) is 5.75 Å². The number of fused-ring (bicyclic) bond motifs is 1. The molecule has 1 unspecified atom stereocenters. The number of ether oxygens (including phenoxy) is 1. The lowest BCUT2D eigenvalue weighted by Gasteiger charge is -2.12. The molecule has 0 saturated heterocycles. The Kier molecular flexibility index (Phi) is 3.42. The van der Waals surface area contributed by atoms with E-state index < -0.39 is 0 Å². The van der Waals surface area contributed by atoms with Gasteiger partial charge in [-0.2, -0.15) is 0 Å². The summed E-state index contributed by atoms with van der Waals surface area (Å²) in [7, 11) is 0. The van der Waals surface area contributed by atoms with Crippen molar-refractivity contribution in [3.8, 4) is 5.75 Å². The molecule has 3 rings (SSSR count). The molecule has 0 saturated carbocycles. The first-order valence-corrected chi connectivity index (χ1v) is 7.12. The van der Waals surface area contributed by atoms with E-state index in [4.69, 9.17) is 27.9 Å². The largest absolute Gasteiger partial charge is 0.493 e. The fraction of sp³-hybridized carbons (Fsp3) is 0.250. The van der Waals surface area contributed by atoms with Crippen LogP contribution in [0.3, 0.4) is 0 Å². The van der Waals surface area contributed by atoms with Crippen LogP contribution in [0.25, 0.3) is 0 Å². The molecule has 1 aliphatic rings. The molecule has 0 aliphatic carbocycles. The van der Waals surface area contributed by atoms with Crippen LogP contribution in [0.5, 0.6) is 5.75 Å². The summed E-state index contributed by atoms with van der Waals surface area (Å²) in [5.41, 5.74) is 4.42. The van der Waals surface area contributed by atoms with Crippen molar-refractivity contribution in [2.24, 2.45) is 0 Å². The Morgan fingerprint density at radius 1 is 1.11 bits per heavy atom. The molecule has 0 N–H and O–H groups in total. The maximum atomic E-state index is 6.56. The Morgan fingerprint density at radius 2 is 1.84 bits per heavy atom. The van der Waals surface area contributed by atoms with Crippen molar-refractivity contribution in [3.63, 3.8) is 0 Å². The highest BCUT2D eigenvalue weighted by atomic mass is 35.5. The number of alkyl halides is 1. The van der Waals surface area contributed by atoms with Crippen LogP contribution in [-0.4, -0.2) is 6.61 Å². The van der Waals surface area contributed by atoms with Crippen molar-refractivity contribution in [1.82, 2.24) is 0 Å². The summed E-state index contributed by atoms with van der Waals surface area (Å²) in [5, 5.41) is 0.580. The van der Waals surface area contributed by atoms with Gasteiger partial charge in [0.05, 0.1) is 12.0 Å². The van der Waals surface area contributed by atoms with E-state index in [1.807, 2.05) is 37.3 Å². The quantitative estimate of drug-likeness (QED) is 0.715. The average Bonchev–Trinajstić information content (AvgIpc) is 2.88. The normalized spacial score (nSPS) is 14.9. The lowest BCUT2D eigenvalue weighted by atomic mass is 10.0. The van der Waals surface area contributed by atoms with Gasteiger partial charge in [-0.25, -0.2) is 0 Å². The van der Waals surface area contributed by atoms with E-state index in [9.17, 15) is 0 Å². The zero-order chi connectivity index (χ0) is 13.4. The van der Waals surface area contributed by atoms with E-state index in [0.29, 0.717) is 0 Å². The first kappa shape index (κ1) is 12.8. The molecule has 0 amide bonds. The molecule has 0 fully saturated rings. The number of halogens is 2. The third-order valence-corrected chi connectivity index (χ3v) is 4.41. The number of aryl methyl sites for hydroxylation is 1. The molecule has 0 bridgehead atoms. The number of hydrogen-bond acceptors (Lipinski definition) is 1. The van der Waals surface area contributed by atoms with Gasteiger partial charge in [-0.3, -0.25) is 0 Å². The van der Waals surface area contributed by atoms with E-state index in [1.54, 1.807) is 0 Å². The van der Waals surface area contributed by atoms with Crippen LogP contribution in [0.4, 0.5) is 0 Å². The Bertz CT molecular complexity index is 622. The monoisotopic (exact) mass is 292 g/mol. The molecule has 1 heterocycles. The summed E-state index contributed by atoms with van der Waals surface area (Å²) < 4.78 is 5.51. The molecule has 0 spiro atoms. The summed E-state index contributed by atoms with van der Waals surface area (Å²) in [6.07, 6.45) is 0.960. The number of benzene rings is 2. The van der Waals surface area contributed by atoms with Gasteiger partial charge < -0.3 is 4.74 Å². The van der Waals surface area contributed by atoms with E-state index in [0.717, 1.165) is 40.5 Å². The van der Waals surface area contributed by atoms with Gasteiger partial charge in [-0.05, 0) is 41.3 Å². The molecular weight excluding hydrogens is 279 g/mol. The van der Waals surface area contributed by atoms with Gasteiger partial charge in [0.2, 0.25) is 0 Å². The summed E-state index contributed by atoms with van der Waals surface area (Å²) >= 11 is 12.7. The van der Waals surface area contributed by atoms with E-state index in [2.05, 4.69) is 6.07 Å². The first-order valence-electron chi connectivity index (χ1n) is 6.31. The van der Waals surface area contributed by atoms with Gasteiger partial charge in [-0.1, -0.05) is 35.9 Å². The average molecular weight is 293 g/mol. The van der Waals surface area contributed by atoms with Crippen molar-refractivity contribution < 1.29 is 4.74 Å². The topological polar surface area (TPSA) is 9.23 Å². The minimum absolute atomic E-state index is 0.177. The fourth-order valence-electron chi connectivity index (χ4n) is 2.32. The zero-order valence-corrected chi connectivity index (χ0v) is 12.1. The second-order valence-electron chi connectivity index (χ2n) is 4.84. The fourth-order valence-corrected chi connectivity index (χ4v) is 2.78. The van der Waals surface area contributed by atoms with Crippen LogP contribution in [0.2, 0.25) is 5.02 Å². The molecule has 3 heteroatoms. The minimum Gasteiger partial charge on any atom is -0.493 e. The van der Waals surface area contributed by atoms with Gasteiger partial charge in [0, 0.05) is 11.4 Å². The number of rotatable bonds is 2. The van der Waals surface area contributed by atoms with Crippen LogP contribution >= 0.6 is 23.2 Å². The van der Waals surface area contributed by atoms with Gasteiger partial charge in [-0.15, -0.1) is 11.6 Å². The van der Waals surface area contributed by atoms with Crippen LogP contribution in [0, 0.1) is 6.92 Å². The van der Waals surface area contributed by atoms with Gasteiger partial charge in [0.25, 0.3) is 0 Å². The molecule has 0 aromatic heterocycles. The standard InChI is InChI=1S/C16H14Cl2O/c1-10-2-3-13(9-14(10)17)16(18)12-4-5-15-11(8-12)6-7-19-15/h2-5,8-9,16H,6-7H2,1H3. The molecule has 2 aromatic carbocycles. The van der Waals surface area contributed by atoms with E-state index in [1.165, 1.54) is 5.56 Å². The van der Waals surface area contributed by atoms with Crippen molar-refractivity contribution >= 4 is 23.2 Å². The molecule has 2 aromatic rings. The van der Waals surface area contributed by atoms with E-state index in [-0.39, 0.29) is 5.38 Å². The smallest absolute Gasteiger partial charge is 0.122 e. The second kappa shape index (κ2) is 5.07. The van der Waals surface area contributed by atoms with Crippen LogP contribution in [0.15, 0.2) is 36.4 Å². The highest BCUT2D eigenvalue weighted by molar-refractivity contribution is 6.31. The Hall–Kier alpha value is -1.18. The first-order chi connectivity index (χ1) is 9.15. The Labute approximate surface area is 123 Å². The molecule has 1 aliphatic heterocycles. The Morgan fingerprint density at radius 3 is 2.63 bits per heavy atom. The van der Waals surface area contributed by atoms with Gasteiger partial charge in [0.15, 0.2) is 0 Å². The molecule has 0 radical (unpaired) electrons. The predicted molar refractivity (Wildman–Crippen MR) is 79.5 cm³/mol. The Balaban J connectivity index is 1.94. The molecule has 98 valence electrons. The summed E-state index contributed by atoms with van der Waals surface area (Å²) in [6, 6.07) is 12.1. The van der Waals surface area contributed by atoms with Crippen LogP contribution in [0.1, 0.15) is 27.6 Å². The summed E-state index contributed by atoms with van der Waals surface area (Å²) in [5.74, 6) is 0.981. The van der Waals surface area contributed by atoms with E-state index >= 15 is 0 Å². The van der Waals surface area contributed by atoms with Crippen molar-refractivity contribution in [2.75, 3.05) is 6.61 Å². The third-order valence-electron chi connectivity index (χ3n) is 3.49. The minimum atomic E-state index is -0.177. The highest BCUT2D eigenvalue weighted by Crippen LogP contribution is 2.35. The maximum Gasteiger partial charge on any atom is 0.122 e. The molecular formula is C16H14Cl2O. The molecule has 1 atom stereocenters. The molecule has 1 nitrogen and oxygen atoms in total. The predicted octanol–water partition coefficient (Wildman–Crippen LogP) is 4.91. The maximum absolute atomic E-state index is 6.56. The van der Waals surface area contributed by atoms with Crippen molar-refractivity contribution in [3.05, 3.63) is 63.7 Å². The van der Waals surface area contributed by atoms with Gasteiger partial charge >= 0.3 is 0 Å². The third kappa shape index (κ3) is 2.45. The lowest BCUT2D eigenvalue weighted by Crippen LogP contribution is -1.95. The summed E-state index contributed by atoms with van der Waals surface area (Å²) in [4.78, 5) is 0. The number of hydrogen-bond donors (Lipinski definition) is 0. The summed E-state index contributed by atoms with van der Waals surface area (Å²) in [6.45, 7) is 2.75. The molecule has 19 heavy (non-hydrogen) atoms. The highest BCUT2D eigenvalue weighted by Gasteiger charge is 2.17. The second-order valence-corrected chi connectivity index (χ2v) is 5.68. The van der Waals surface area contributed by atoms with Crippen molar-refractivity contribution in [2.45, 2.75) is 18.7 Å².